The molecule has 0 aliphatic carbocycles. The summed E-state index contributed by atoms with van der Waals surface area (Å²) in [5, 5.41) is 10.1. The molecule has 2 aliphatic rings. The largest absolute Gasteiger partial charge is 0.457 e. The van der Waals surface area contributed by atoms with Gasteiger partial charge in [-0.05, 0) is 68.6 Å². The van der Waals surface area contributed by atoms with Crippen molar-refractivity contribution in [1.82, 2.24) is 24.3 Å². The summed E-state index contributed by atoms with van der Waals surface area (Å²) in [4.78, 5) is 14.0. The topological polar surface area (TPSA) is 92.7 Å². The molecular formula is C30H36N6O2. The van der Waals surface area contributed by atoms with Crippen molar-refractivity contribution in [3.63, 3.8) is 0 Å². The van der Waals surface area contributed by atoms with E-state index in [0.29, 0.717) is 17.9 Å². The number of nitrogens with two attached hydrogens (primary N) is 1. The van der Waals surface area contributed by atoms with Gasteiger partial charge in [-0.15, -0.1) is 0 Å². The fourth-order valence-corrected chi connectivity index (χ4v) is 6.11. The molecule has 8 heteroatoms. The normalized spacial score (nSPS) is 18.2. The Bertz CT molecular complexity index is 1340. The molecule has 198 valence electrons. The van der Waals surface area contributed by atoms with E-state index in [1.807, 2.05) is 42.5 Å². The van der Waals surface area contributed by atoms with Crippen molar-refractivity contribution in [1.29, 1.82) is 0 Å². The zero-order valence-corrected chi connectivity index (χ0v) is 21.7. The highest BCUT2D eigenvalue weighted by Crippen LogP contribution is 2.38. The predicted octanol–water partition coefficient (Wildman–Crippen LogP) is 4.57. The fraction of sp³-hybridized carbons (Fsp3) is 0.400. The first-order chi connectivity index (χ1) is 18.7. The Morgan fingerprint density at radius 2 is 1.53 bits per heavy atom. The molecule has 0 radical (unpaired) electrons. The zero-order valence-electron chi connectivity index (χ0n) is 21.7. The monoisotopic (exact) mass is 512 g/mol. The molecule has 0 unspecified atom stereocenters. The molecule has 6 rings (SSSR count). The third-order valence-electron chi connectivity index (χ3n) is 8.17. The number of rotatable bonds is 7. The molecule has 2 aliphatic heterocycles. The number of aromatic nitrogens is 3. The number of piperidine rings is 2. The van der Waals surface area contributed by atoms with E-state index in [1.54, 1.807) is 6.33 Å². The first kappa shape index (κ1) is 24.9. The van der Waals surface area contributed by atoms with E-state index in [4.69, 9.17) is 10.5 Å². The number of aliphatic hydroxyl groups excluding tert-OH is 1. The lowest BCUT2D eigenvalue weighted by Crippen LogP contribution is -2.48. The molecule has 38 heavy (non-hydrogen) atoms. The summed E-state index contributed by atoms with van der Waals surface area (Å²) in [7, 11) is 0. The van der Waals surface area contributed by atoms with E-state index < -0.39 is 0 Å². The Hall–Kier alpha value is -3.46. The van der Waals surface area contributed by atoms with Gasteiger partial charge in [-0.25, -0.2) is 9.97 Å². The second kappa shape index (κ2) is 11.1. The first-order valence-electron chi connectivity index (χ1n) is 13.7. The van der Waals surface area contributed by atoms with Crippen LogP contribution in [0, 0.1) is 0 Å². The molecule has 0 atom stereocenters. The summed E-state index contributed by atoms with van der Waals surface area (Å²) < 4.78 is 8.32. The van der Waals surface area contributed by atoms with Crippen LogP contribution in [-0.4, -0.2) is 74.8 Å². The molecular weight excluding hydrogens is 476 g/mol. The summed E-state index contributed by atoms with van der Waals surface area (Å²) >= 11 is 0. The van der Waals surface area contributed by atoms with Crippen LogP contribution in [0.1, 0.15) is 31.7 Å². The minimum atomic E-state index is 0.253. The molecule has 0 spiro atoms. The van der Waals surface area contributed by atoms with Gasteiger partial charge in [-0.3, -0.25) is 0 Å². The maximum absolute atomic E-state index is 9.23. The van der Waals surface area contributed by atoms with Gasteiger partial charge in [0.25, 0.3) is 0 Å². The van der Waals surface area contributed by atoms with E-state index in [1.165, 1.54) is 12.8 Å². The van der Waals surface area contributed by atoms with Crippen LogP contribution in [0.15, 0.2) is 67.1 Å². The van der Waals surface area contributed by atoms with Crippen LogP contribution in [-0.2, 0) is 0 Å². The van der Waals surface area contributed by atoms with Crippen molar-refractivity contribution in [3.05, 3.63) is 67.1 Å². The average Bonchev–Trinajstić information content (AvgIpc) is 3.36. The van der Waals surface area contributed by atoms with Crippen molar-refractivity contribution in [2.24, 2.45) is 0 Å². The fourth-order valence-electron chi connectivity index (χ4n) is 6.11. The average molecular weight is 513 g/mol. The summed E-state index contributed by atoms with van der Waals surface area (Å²) in [5.74, 6) is 2.12. The van der Waals surface area contributed by atoms with Crippen molar-refractivity contribution in [3.8, 4) is 22.6 Å². The molecule has 8 nitrogen and oxygen atoms in total. The minimum absolute atomic E-state index is 0.253. The van der Waals surface area contributed by atoms with Crippen LogP contribution in [0.2, 0.25) is 0 Å². The van der Waals surface area contributed by atoms with Crippen LogP contribution >= 0.6 is 0 Å². The maximum Gasteiger partial charge on any atom is 0.146 e. The molecule has 0 amide bonds. The Kier molecular flexibility index (Phi) is 7.27. The van der Waals surface area contributed by atoms with E-state index >= 15 is 0 Å². The van der Waals surface area contributed by atoms with E-state index in [9.17, 15) is 5.11 Å². The number of nitrogens with zero attached hydrogens (tertiary/aromatic N) is 5. The van der Waals surface area contributed by atoms with Gasteiger partial charge in [0.2, 0.25) is 0 Å². The molecule has 0 bridgehead atoms. The summed E-state index contributed by atoms with van der Waals surface area (Å²) in [6.45, 7) is 5.41. The number of β-amino-alcohol motifs (C(OH)–C–C–N with tert-alkyl or cyclic N) is 1. The SMILES string of the molecule is Nc1ncnc2c1c(-c1ccc(Oc3ccccc3)cc1)cn2C1CCN(C2CCN(CCO)CC2)CC1. The smallest absolute Gasteiger partial charge is 0.146 e. The van der Waals surface area contributed by atoms with Crippen molar-refractivity contribution >= 4 is 16.9 Å². The highest BCUT2D eigenvalue weighted by Gasteiger charge is 2.30. The van der Waals surface area contributed by atoms with Gasteiger partial charge < -0.3 is 29.9 Å². The van der Waals surface area contributed by atoms with Gasteiger partial charge >= 0.3 is 0 Å². The number of hydrogen-bond acceptors (Lipinski definition) is 7. The van der Waals surface area contributed by atoms with Gasteiger partial charge in [-0.1, -0.05) is 30.3 Å². The number of nitrogen functional groups attached to an aromatic ring is 1. The Morgan fingerprint density at radius 1 is 0.842 bits per heavy atom. The number of likely N-dealkylation sites (tertiary alicyclic amines) is 2. The number of ether oxygens (including phenoxy) is 1. The second-order valence-corrected chi connectivity index (χ2v) is 10.4. The summed E-state index contributed by atoms with van der Waals surface area (Å²) in [6.07, 6.45) is 8.35. The maximum atomic E-state index is 9.23. The number of benzene rings is 2. The van der Waals surface area contributed by atoms with Gasteiger partial charge in [-0.2, -0.15) is 0 Å². The van der Waals surface area contributed by atoms with E-state index in [0.717, 1.165) is 79.2 Å². The lowest BCUT2D eigenvalue weighted by molar-refractivity contribution is 0.0730. The number of fused-ring (bicyclic) bond motifs is 1. The number of anilines is 1. The lowest BCUT2D eigenvalue weighted by atomic mass is 9.97. The molecule has 3 N–H and O–H groups in total. The lowest BCUT2D eigenvalue weighted by Gasteiger charge is -2.42. The van der Waals surface area contributed by atoms with E-state index in [-0.39, 0.29) is 6.61 Å². The molecule has 2 aromatic heterocycles. The second-order valence-electron chi connectivity index (χ2n) is 10.4. The molecule has 4 aromatic rings. The third kappa shape index (κ3) is 5.12. The number of aliphatic hydroxyl groups is 1. The van der Waals surface area contributed by atoms with Crippen LogP contribution in [0.25, 0.3) is 22.2 Å². The quantitative estimate of drug-likeness (QED) is 0.375. The summed E-state index contributed by atoms with van der Waals surface area (Å²) in [5.41, 5.74) is 9.45. The zero-order chi connectivity index (χ0) is 25.9. The summed E-state index contributed by atoms with van der Waals surface area (Å²) in [6, 6.07) is 19.0. The van der Waals surface area contributed by atoms with Crippen molar-refractivity contribution < 1.29 is 9.84 Å². The number of para-hydroxylation sites is 1. The van der Waals surface area contributed by atoms with Gasteiger partial charge in [0.1, 0.15) is 29.3 Å². The van der Waals surface area contributed by atoms with Gasteiger partial charge in [0, 0.05) is 43.5 Å². The van der Waals surface area contributed by atoms with Crippen LogP contribution < -0.4 is 10.5 Å². The minimum Gasteiger partial charge on any atom is -0.457 e. The third-order valence-corrected chi connectivity index (χ3v) is 8.17. The highest BCUT2D eigenvalue weighted by atomic mass is 16.5. The van der Waals surface area contributed by atoms with Gasteiger partial charge in [0.05, 0.1) is 12.0 Å². The van der Waals surface area contributed by atoms with Crippen LogP contribution in [0.3, 0.4) is 0 Å². The van der Waals surface area contributed by atoms with Crippen molar-refractivity contribution in [2.45, 2.75) is 37.8 Å². The first-order valence-corrected chi connectivity index (χ1v) is 13.7. The molecule has 2 saturated heterocycles. The molecule has 2 aromatic carbocycles. The molecule has 2 fully saturated rings. The Balaban J connectivity index is 1.19. The van der Waals surface area contributed by atoms with Crippen LogP contribution in [0.5, 0.6) is 11.5 Å². The predicted molar refractivity (Wildman–Crippen MR) is 150 cm³/mol. The Morgan fingerprint density at radius 3 is 2.24 bits per heavy atom. The molecule has 4 heterocycles. The van der Waals surface area contributed by atoms with Crippen LogP contribution in [0.4, 0.5) is 5.82 Å². The highest BCUT2D eigenvalue weighted by molar-refractivity contribution is 6.00. The molecule has 0 saturated carbocycles. The van der Waals surface area contributed by atoms with Gasteiger partial charge in [0.15, 0.2) is 0 Å². The Labute approximate surface area is 223 Å². The van der Waals surface area contributed by atoms with E-state index in [2.05, 4.69) is 42.7 Å². The van der Waals surface area contributed by atoms with Crippen molar-refractivity contribution in [2.75, 3.05) is 45.1 Å². The number of hydrogen-bond donors (Lipinski definition) is 2. The standard InChI is InChI=1S/C30H36N6O2/c31-29-28-27(22-6-8-26(9-7-22)38-25-4-2-1-3-5-25)20-36(30(28)33-21-32-29)24-12-16-35(17-13-24)23-10-14-34(15-11-23)18-19-37/h1-9,20-21,23-24,37H,10-19H2,(H2,31,32,33).